The molecule has 2 unspecified atom stereocenters. The predicted octanol–water partition coefficient (Wildman–Crippen LogP) is 5.16. The van der Waals surface area contributed by atoms with Crippen LogP contribution in [0.15, 0.2) is 24.3 Å². The van der Waals surface area contributed by atoms with Gasteiger partial charge in [0.25, 0.3) is 0 Å². The molecule has 1 aliphatic rings. The van der Waals surface area contributed by atoms with Crippen LogP contribution in [0.3, 0.4) is 0 Å². The maximum atomic E-state index is 3.75. The Hall–Kier alpha value is -1.18. The van der Waals surface area contributed by atoms with Crippen molar-refractivity contribution < 1.29 is 0 Å². The van der Waals surface area contributed by atoms with E-state index in [1.165, 1.54) is 30.6 Å². The first-order valence-electron chi connectivity index (χ1n) is 8.56. The molecule has 21 heavy (non-hydrogen) atoms. The minimum absolute atomic E-state index is 0.518. The number of hydrogen-bond donors (Lipinski definition) is 1. The van der Waals surface area contributed by atoms with Crippen molar-refractivity contribution in [3.8, 4) is 0 Å². The summed E-state index contributed by atoms with van der Waals surface area (Å²) in [5.74, 6) is 0.746. The van der Waals surface area contributed by atoms with E-state index in [1.54, 1.807) is 0 Å². The highest BCUT2D eigenvalue weighted by atomic mass is 15.1. The van der Waals surface area contributed by atoms with Gasteiger partial charge < -0.3 is 10.2 Å². The molecule has 2 atom stereocenters. The third-order valence-electron chi connectivity index (χ3n) is 5.04. The van der Waals surface area contributed by atoms with Crippen molar-refractivity contribution in [1.29, 1.82) is 0 Å². The van der Waals surface area contributed by atoms with Crippen molar-refractivity contribution >= 4 is 11.4 Å². The molecule has 2 rings (SSSR count). The van der Waals surface area contributed by atoms with E-state index < -0.39 is 0 Å². The van der Waals surface area contributed by atoms with Gasteiger partial charge in [0, 0.05) is 30.5 Å². The molecule has 2 nitrogen and oxygen atoms in total. The Balaban J connectivity index is 1.97. The second-order valence-electron chi connectivity index (χ2n) is 7.35. The fourth-order valence-electron chi connectivity index (χ4n) is 3.73. The monoisotopic (exact) mass is 288 g/mol. The minimum Gasteiger partial charge on any atom is -0.382 e. The van der Waals surface area contributed by atoms with Crippen LogP contribution in [-0.4, -0.2) is 19.1 Å². The van der Waals surface area contributed by atoms with E-state index in [0.717, 1.165) is 19.0 Å². The van der Waals surface area contributed by atoms with Crippen LogP contribution in [0.5, 0.6) is 0 Å². The number of hydrogen-bond acceptors (Lipinski definition) is 2. The maximum Gasteiger partial charge on any atom is 0.0367 e. The fourth-order valence-corrected chi connectivity index (χ4v) is 3.73. The molecule has 1 N–H and O–H groups in total. The highest BCUT2D eigenvalue weighted by Crippen LogP contribution is 2.39. The number of rotatable bonds is 5. The molecule has 0 aromatic heterocycles. The Kier molecular flexibility index (Phi) is 5.18. The quantitative estimate of drug-likeness (QED) is 0.805. The van der Waals surface area contributed by atoms with E-state index in [0.29, 0.717) is 11.5 Å². The minimum atomic E-state index is 0.518. The second kappa shape index (κ2) is 6.72. The molecule has 0 saturated heterocycles. The second-order valence-corrected chi connectivity index (χ2v) is 7.35. The van der Waals surface area contributed by atoms with Crippen LogP contribution in [0.25, 0.3) is 0 Å². The zero-order valence-electron chi connectivity index (χ0n) is 14.4. The van der Waals surface area contributed by atoms with Crippen molar-refractivity contribution in [2.45, 2.75) is 59.9 Å². The van der Waals surface area contributed by atoms with Gasteiger partial charge >= 0.3 is 0 Å². The first kappa shape index (κ1) is 16.2. The van der Waals surface area contributed by atoms with Gasteiger partial charge in [-0.3, -0.25) is 0 Å². The Morgan fingerprint density at radius 3 is 2.29 bits per heavy atom. The van der Waals surface area contributed by atoms with Crippen molar-refractivity contribution in [3.63, 3.8) is 0 Å². The SMILES string of the molecule is CCN(CC)c1ccc(NC2CCC(C)(C)CC2C)cc1. The summed E-state index contributed by atoms with van der Waals surface area (Å²) in [7, 11) is 0. The summed E-state index contributed by atoms with van der Waals surface area (Å²) in [6.07, 6.45) is 3.93. The lowest BCUT2D eigenvalue weighted by molar-refractivity contribution is 0.177. The molecule has 0 spiro atoms. The number of nitrogens with one attached hydrogen (secondary N) is 1. The van der Waals surface area contributed by atoms with Gasteiger partial charge in [-0.25, -0.2) is 0 Å². The summed E-state index contributed by atoms with van der Waals surface area (Å²) in [5.41, 5.74) is 3.11. The normalized spacial score (nSPS) is 24.6. The van der Waals surface area contributed by atoms with Gasteiger partial charge in [0.05, 0.1) is 0 Å². The zero-order valence-corrected chi connectivity index (χ0v) is 14.4. The molecule has 0 heterocycles. The first-order valence-corrected chi connectivity index (χ1v) is 8.56. The van der Waals surface area contributed by atoms with Gasteiger partial charge in [0.15, 0.2) is 0 Å². The Labute approximate surface area is 130 Å². The van der Waals surface area contributed by atoms with E-state index in [9.17, 15) is 0 Å². The van der Waals surface area contributed by atoms with Crippen molar-refractivity contribution in [2.24, 2.45) is 11.3 Å². The van der Waals surface area contributed by atoms with E-state index in [4.69, 9.17) is 0 Å². The molecular formula is C19H32N2. The lowest BCUT2D eigenvalue weighted by Crippen LogP contribution is -2.36. The summed E-state index contributed by atoms with van der Waals surface area (Å²) in [6.45, 7) is 13.7. The van der Waals surface area contributed by atoms with Crippen LogP contribution in [0.4, 0.5) is 11.4 Å². The van der Waals surface area contributed by atoms with Gasteiger partial charge in [-0.2, -0.15) is 0 Å². The third kappa shape index (κ3) is 4.15. The topological polar surface area (TPSA) is 15.3 Å². The molecule has 0 aliphatic heterocycles. The molecule has 118 valence electrons. The molecule has 0 amide bonds. The van der Waals surface area contributed by atoms with E-state index in [-0.39, 0.29) is 0 Å². The van der Waals surface area contributed by atoms with Crippen LogP contribution in [0.1, 0.15) is 53.9 Å². The third-order valence-corrected chi connectivity index (χ3v) is 5.04. The van der Waals surface area contributed by atoms with Crippen molar-refractivity contribution in [2.75, 3.05) is 23.3 Å². The predicted molar refractivity (Wildman–Crippen MR) is 94.2 cm³/mol. The highest BCUT2D eigenvalue weighted by Gasteiger charge is 2.32. The largest absolute Gasteiger partial charge is 0.382 e. The van der Waals surface area contributed by atoms with Crippen molar-refractivity contribution in [1.82, 2.24) is 0 Å². The van der Waals surface area contributed by atoms with Gasteiger partial charge in [0.2, 0.25) is 0 Å². The lowest BCUT2D eigenvalue weighted by Gasteiger charge is -2.40. The maximum absolute atomic E-state index is 3.75. The standard InChI is InChI=1S/C19H32N2/c1-6-21(7-2)17-10-8-16(9-11-17)20-18-12-13-19(4,5)14-15(18)3/h8-11,15,18,20H,6-7,12-14H2,1-5H3. The molecular weight excluding hydrogens is 256 g/mol. The smallest absolute Gasteiger partial charge is 0.0367 e. The van der Waals surface area contributed by atoms with E-state index in [2.05, 4.69) is 69.1 Å². The summed E-state index contributed by atoms with van der Waals surface area (Å²) >= 11 is 0. The molecule has 1 fully saturated rings. The van der Waals surface area contributed by atoms with Gasteiger partial charge in [-0.1, -0.05) is 20.8 Å². The zero-order chi connectivity index (χ0) is 15.5. The molecule has 1 aromatic rings. The Morgan fingerprint density at radius 2 is 1.76 bits per heavy atom. The average Bonchev–Trinajstić information content (AvgIpc) is 2.44. The van der Waals surface area contributed by atoms with Gasteiger partial charge in [0.1, 0.15) is 0 Å². The first-order chi connectivity index (χ1) is 9.95. The van der Waals surface area contributed by atoms with Gasteiger partial charge in [-0.05, 0) is 68.7 Å². The van der Waals surface area contributed by atoms with Crippen LogP contribution in [0.2, 0.25) is 0 Å². The lowest BCUT2D eigenvalue weighted by atomic mass is 9.70. The number of anilines is 2. The molecule has 1 aromatic carbocycles. The number of nitrogens with zero attached hydrogens (tertiary/aromatic N) is 1. The molecule has 1 aliphatic carbocycles. The van der Waals surface area contributed by atoms with E-state index in [1.807, 2.05) is 0 Å². The average molecular weight is 288 g/mol. The van der Waals surface area contributed by atoms with Crippen molar-refractivity contribution in [3.05, 3.63) is 24.3 Å². The Bertz CT molecular complexity index is 431. The fraction of sp³-hybridized carbons (Fsp3) is 0.684. The Morgan fingerprint density at radius 1 is 1.14 bits per heavy atom. The summed E-state index contributed by atoms with van der Waals surface area (Å²) in [4.78, 5) is 2.38. The van der Waals surface area contributed by atoms with E-state index >= 15 is 0 Å². The molecule has 1 saturated carbocycles. The van der Waals surface area contributed by atoms with Crippen LogP contribution in [-0.2, 0) is 0 Å². The van der Waals surface area contributed by atoms with Crippen LogP contribution in [0, 0.1) is 11.3 Å². The molecule has 0 radical (unpaired) electrons. The van der Waals surface area contributed by atoms with Crippen LogP contribution < -0.4 is 10.2 Å². The van der Waals surface area contributed by atoms with Crippen LogP contribution >= 0.6 is 0 Å². The summed E-state index contributed by atoms with van der Waals surface area (Å²) in [5, 5.41) is 3.75. The summed E-state index contributed by atoms with van der Waals surface area (Å²) < 4.78 is 0. The number of benzene rings is 1. The summed E-state index contributed by atoms with van der Waals surface area (Å²) in [6, 6.07) is 9.58. The molecule has 0 bridgehead atoms. The highest BCUT2D eigenvalue weighted by molar-refractivity contribution is 5.55. The van der Waals surface area contributed by atoms with Gasteiger partial charge in [-0.15, -0.1) is 0 Å². The molecule has 2 heteroatoms.